The van der Waals surface area contributed by atoms with E-state index in [9.17, 15) is 9.90 Å². The summed E-state index contributed by atoms with van der Waals surface area (Å²) in [6.45, 7) is 1.41. The Balaban J connectivity index is 1.61. The molecule has 0 spiro atoms. The van der Waals surface area contributed by atoms with E-state index in [4.69, 9.17) is 23.2 Å². The second-order valence-electron chi connectivity index (χ2n) is 5.58. The highest BCUT2D eigenvalue weighted by atomic mass is 35.5. The van der Waals surface area contributed by atoms with E-state index in [2.05, 4.69) is 20.2 Å². The van der Waals surface area contributed by atoms with E-state index in [0.717, 1.165) is 0 Å². The lowest BCUT2D eigenvalue weighted by Crippen LogP contribution is -2.39. The van der Waals surface area contributed by atoms with Crippen molar-refractivity contribution in [1.29, 1.82) is 0 Å². The predicted octanol–water partition coefficient (Wildman–Crippen LogP) is 3.34. The summed E-state index contributed by atoms with van der Waals surface area (Å²) in [4.78, 5) is 22.9. The van der Waals surface area contributed by atoms with Crippen LogP contribution in [0.25, 0.3) is 0 Å². The first kappa shape index (κ1) is 16.8. The van der Waals surface area contributed by atoms with Crippen LogP contribution in [-0.2, 0) is 4.79 Å². The first-order valence-corrected chi connectivity index (χ1v) is 8.31. The number of phenols is 1. The number of hydrogen-bond donors (Lipinski definition) is 2. The van der Waals surface area contributed by atoms with Crippen LogP contribution in [0.15, 0.2) is 30.6 Å². The fourth-order valence-electron chi connectivity index (χ4n) is 2.67. The molecule has 1 aliphatic rings. The largest absolute Gasteiger partial charge is 0.506 e. The average Bonchev–Trinajstić information content (AvgIpc) is 2.60. The Labute approximate surface area is 149 Å². The van der Waals surface area contributed by atoms with Crippen molar-refractivity contribution in [2.24, 2.45) is 5.92 Å². The first-order valence-electron chi connectivity index (χ1n) is 7.55. The Morgan fingerprint density at radius 1 is 1.17 bits per heavy atom. The summed E-state index contributed by atoms with van der Waals surface area (Å²) < 4.78 is 0. The zero-order chi connectivity index (χ0) is 17.1. The molecule has 2 heterocycles. The van der Waals surface area contributed by atoms with Crippen LogP contribution in [-0.4, -0.2) is 34.1 Å². The molecule has 1 amide bonds. The van der Waals surface area contributed by atoms with Gasteiger partial charge in [-0.1, -0.05) is 23.2 Å². The molecular weight excluding hydrogens is 351 g/mol. The number of anilines is 2. The molecule has 1 saturated heterocycles. The molecule has 3 rings (SSSR count). The third-order valence-corrected chi connectivity index (χ3v) is 4.72. The summed E-state index contributed by atoms with van der Waals surface area (Å²) in [5.74, 6) is 0.294. The SMILES string of the molecule is O=C(Nc1cc(Cl)c(Cl)cc1O)C1CCN(c2ncccn2)CC1. The molecule has 1 fully saturated rings. The number of carbonyl (C=O) groups excluding carboxylic acids is 1. The third-order valence-electron chi connectivity index (χ3n) is 4.00. The standard InChI is InChI=1S/C16H16Cl2N4O2/c17-11-8-13(14(23)9-12(11)18)21-15(24)10-2-6-22(7-3-10)16-19-4-1-5-20-16/h1,4-5,8-10,23H,2-3,6-7H2,(H,21,24). The van der Waals surface area contributed by atoms with Crippen molar-refractivity contribution in [3.63, 3.8) is 0 Å². The summed E-state index contributed by atoms with van der Waals surface area (Å²) in [6.07, 6.45) is 4.78. The van der Waals surface area contributed by atoms with Gasteiger partial charge in [0.25, 0.3) is 0 Å². The van der Waals surface area contributed by atoms with Gasteiger partial charge in [0.05, 0.1) is 15.7 Å². The molecule has 2 aromatic rings. The van der Waals surface area contributed by atoms with Crippen molar-refractivity contribution in [3.8, 4) is 5.75 Å². The number of hydrogen-bond acceptors (Lipinski definition) is 5. The van der Waals surface area contributed by atoms with E-state index in [1.807, 2.05) is 0 Å². The Bertz CT molecular complexity index is 734. The number of aromatic nitrogens is 2. The number of nitrogens with one attached hydrogen (secondary N) is 1. The molecule has 0 atom stereocenters. The maximum atomic E-state index is 12.4. The molecule has 24 heavy (non-hydrogen) atoms. The number of piperidine rings is 1. The van der Waals surface area contributed by atoms with Crippen LogP contribution in [0.1, 0.15) is 12.8 Å². The van der Waals surface area contributed by atoms with Gasteiger partial charge in [-0.2, -0.15) is 0 Å². The van der Waals surface area contributed by atoms with Crippen LogP contribution in [0, 0.1) is 5.92 Å². The van der Waals surface area contributed by atoms with Gasteiger partial charge < -0.3 is 15.3 Å². The van der Waals surface area contributed by atoms with Crippen LogP contribution in [0.3, 0.4) is 0 Å². The fraction of sp³-hybridized carbons (Fsp3) is 0.312. The molecule has 126 valence electrons. The Morgan fingerprint density at radius 2 is 1.79 bits per heavy atom. The van der Waals surface area contributed by atoms with Crippen LogP contribution in [0.5, 0.6) is 5.75 Å². The summed E-state index contributed by atoms with van der Waals surface area (Å²) in [5, 5.41) is 13.1. The van der Waals surface area contributed by atoms with E-state index in [1.54, 1.807) is 18.5 Å². The average molecular weight is 367 g/mol. The Kier molecular flexibility index (Phi) is 5.06. The molecule has 1 aromatic heterocycles. The van der Waals surface area contributed by atoms with Crippen molar-refractivity contribution >= 4 is 40.7 Å². The molecule has 0 bridgehead atoms. The van der Waals surface area contributed by atoms with Gasteiger partial charge >= 0.3 is 0 Å². The summed E-state index contributed by atoms with van der Waals surface area (Å²) in [7, 11) is 0. The minimum absolute atomic E-state index is 0.104. The summed E-state index contributed by atoms with van der Waals surface area (Å²) in [5.41, 5.74) is 0.267. The predicted molar refractivity (Wildman–Crippen MR) is 93.7 cm³/mol. The van der Waals surface area contributed by atoms with Gasteiger partial charge in [0, 0.05) is 37.5 Å². The number of benzene rings is 1. The van der Waals surface area contributed by atoms with E-state index >= 15 is 0 Å². The fourth-order valence-corrected chi connectivity index (χ4v) is 2.99. The minimum Gasteiger partial charge on any atom is -0.506 e. The highest BCUT2D eigenvalue weighted by molar-refractivity contribution is 6.42. The van der Waals surface area contributed by atoms with Gasteiger partial charge in [-0.05, 0) is 25.0 Å². The minimum atomic E-state index is -0.141. The van der Waals surface area contributed by atoms with E-state index in [1.165, 1.54) is 12.1 Å². The molecule has 1 aliphatic heterocycles. The van der Waals surface area contributed by atoms with Crippen molar-refractivity contribution in [2.45, 2.75) is 12.8 Å². The van der Waals surface area contributed by atoms with Crippen LogP contribution in [0.4, 0.5) is 11.6 Å². The summed E-state index contributed by atoms with van der Waals surface area (Å²) >= 11 is 11.8. The van der Waals surface area contributed by atoms with Crippen molar-refractivity contribution in [2.75, 3.05) is 23.3 Å². The van der Waals surface area contributed by atoms with Crippen LogP contribution < -0.4 is 10.2 Å². The zero-order valence-corrected chi connectivity index (χ0v) is 14.3. The van der Waals surface area contributed by atoms with Crippen molar-refractivity contribution in [1.82, 2.24) is 9.97 Å². The van der Waals surface area contributed by atoms with Crippen molar-refractivity contribution < 1.29 is 9.90 Å². The highest BCUT2D eigenvalue weighted by Gasteiger charge is 2.26. The molecule has 2 N–H and O–H groups in total. The maximum Gasteiger partial charge on any atom is 0.227 e. The topological polar surface area (TPSA) is 78.4 Å². The summed E-state index contributed by atoms with van der Waals surface area (Å²) in [6, 6.07) is 4.53. The second-order valence-corrected chi connectivity index (χ2v) is 6.40. The molecule has 1 aromatic carbocycles. The number of phenolic OH excluding ortho intramolecular Hbond substituents is 1. The van der Waals surface area contributed by atoms with Gasteiger partial charge in [-0.15, -0.1) is 0 Å². The van der Waals surface area contributed by atoms with E-state index < -0.39 is 0 Å². The molecule has 8 heteroatoms. The lowest BCUT2D eigenvalue weighted by Gasteiger charge is -2.31. The quantitative estimate of drug-likeness (QED) is 0.814. The van der Waals surface area contributed by atoms with Crippen molar-refractivity contribution in [3.05, 3.63) is 40.6 Å². The third kappa shape index (κ3) is 3.71. The normalized spacial score (nSPS) is 15.3. The van der Waals surface area contributed by atoms with Crippen LogP contribution in [0.2, 0.25) is 10.0 Å². The first-order chi connectivity index (χ1) is 11.5. The highest BCUT2D eigenvalue weighted by Crippen LogP contribution is 2.34. The number of nitrogens with zero attached hydrogens (tertiary/aromatic N) is 3. The monoisotopic (exact) mass is 366 g/mol. The molecule has 0 saturated carbocycles. The number of halogens is 2. The molecule has 0 aliphatic carbocycles. The molecule has 0 unspecified atom stereocenters. The zero-order valence-electron chi connectivity index (χ0n) is 12.7. The molecule has 6 nitrogen and oxygen atoms in total. The number of aromatic hydroxyl groups is 1. The lowest BCUT2D eigenvalue weighted by molar-refractivity contribution is -0.120. The number of amides is 1. The molecular formula is C16H16Cl2N4O2. The van der Waals surface area contributed by atoms with Gasteiger partial charge in [-0.3, -0.25) is 4.79 Å². The van der Waals surface area contributed by atoms with E-state index in [0.29, 0.717) is 31.9 Å². The van der Waals surface area contributed by atoms with Gasteiger partial charge in [0.1, 0.15) is 5.75 Å². The van der Waals surface area contributed by atoms with Gasteiger partial charge in [0.2, 0.25) is 11.9 Å². The second kappa shape index (κ2) is 7.23. The smallest absolute Gasteiger partial charge is 0.227 e. The van der Waals surface area contributed by atoms with Gasteiger partial charge in [0.15, 0.2) is 0 Å². The lowest BCUT2D eigenvalue weighted by atomic mass is 9.96. The Morgan fingerprint density at radius 3 is 2.46 bits per heavy atom. The number of rotatable bonds is 3. The van der Waals surface area contributed by atoms with Gasteiger partial charge in [-0.25, -0.2) is 9.97 Å². The number of carbonyl (C=O) groups is 1. The van der Waals surface area contributed by atoms with E-state index in [-0.39, 0.29) is 33.3 Å². The molecule has 0 radical (unpaired) electrons. The maximum absolute atomic E-state index is 12.4. The van der Waals surface area contributed by atoms with Crippen LogP contribution >= 0.6 is 23.2 Å². The Hall–Kier alpha value is -2.05.